The molecular formula is C18H21FN6. The molecule has 3 heterocycles. The number of nitrogens with zero attached hydrogens (tertiary/aromatic N) is 3. The predicted molar refractivity (Wildman–Crippen MR) is 98.6 cm³/mol. The lowest BCUT2D eigenvalue weighted by atomic mass is 10.1. The summed E-state index contributed by atoms with van der Waals surface area (Å²) in [6, 6.07) is 7.36. The number of halogens is 1. The Morgan fingerprint density at radius 3 is 2.80 bits per heavy atom. The average molecular weight is 340 g/mol. The van der Waals surface area contributed by atoms with Crippen molar-refractivity contribution in [1.29, 1.82) is 5.41 Å². The van der Waals surface area contributed by atoms with E-state index in [0.717, 1.165) is 17.1 Å². The second-order valence-electron chi connectivity index (χ2n) is 5.95. The molecule has 6 nitrogen and oxygen atoms in total. The van der Waals surface area contributed by atoms with Crippen molar-refractivity contribution in [2.45, 2.75) is 12.6 Å². The third-order valence-electron chi connectivity index (χ3n) is 4.03. The normalized spacial score (nSPS) is 17.6. The number of rotatable bonds is 6. The second kappa shape index (κ2) is 7.74. The van der Waals surface area contributed by atoms with Crippen molar-refractivity contribution in [3.8, 4) is 0 Å². The van der Waals surface area contributed by atoms with Gasteiger partial charge in [0.2, 0.25) is 0 Å². The molecule has 1 aliphatic heterocycles. The Bertz CT molecular complexity index is 744. The van der Waals surface area contributed by atoms with Crippen LogP contribution in [0, 0.1) is 5.41 Å². The van der Waals surface area contributed by atoms with Crippen LogP contribution in [0.3, 0.4) is 0 Å². The van der Waals surface area contributed by atoms with Crippen molar-refractivity contribution in [3.05, 3.63) is 54.5 Å². The summed E-state index contributed by atoms with van der Waals surface area (Å²) in [5.41, 5.74) is 8.54. The highest BCUT2D eigenvalue weighted by molar-refractivity contribution is 6.00. The third kappa shape index (κ3) is 4.53. The van der Waals surface area contributed by atoms with E-state index in [1.54, 1.807) is 24.7 Å². The fourth-order valence-electron chi connectivity index (χ4n) is 2.66. The van der Waals surface area contributed by atoms with Gasteiger partial charge in [0.1, 0.15) is 12.0 Å². The van der Waals surface area contributed by atoms with E-state index in [2.05, 4.69) is 15.3 Å². The molecule has 0 aliphatic carbocycles. The Morgan fingerprint density at radius 1 is 1.36 bits per heavy atom. The molecule has 0 unspecified atom stereocenters. The van der Waals surface area contributed by atoms with E-state index in [1.807, 2.05) is 29.2 Å². The molecule has 0 aromatic carbocycles. The predicted octanol–water partition coefficient (Wildman–Crippen LogP) is 2.46. The number of anilines is 2. The quantitative estimate of drug-likeness (QED) is 0.703. The van der Waals surface area contributed by atoms with E-state index in [1.165, 1.54) is 0 Å². The Hall–Kier alpha value is -2.96. The summed E-state index contributed by atoms with van der Waals surface area (Å²) in [7, 11) is 0. The summed E-state index contributed by atoms with van der Waals surface area (Å²) in [6.07, 6.45) is 6.42. The molecule has 0 radical (unpaired) electrons. The van der Waals surface area contributed by atoms with Crippen LogP contribution < -0.4 is 16.0 Å². The van der Waals surface area contributed by atoms with Crippen LogP contribution in [0.1, 0.15) is 12.0 Å². The van der Waals surface area contributed by atoms with E-state index in [0.29, 0.717) is 37.5 Å². The Kier molecular flexibility index (Phi) is 5.23. The number of aromatic nitrogens is 2. The maximum absolute atomic E-state index is 13.3. The molecule has 7 heteroatoms. The third-order valence-corrected chi connectivity index (χ3v) is 4.03. The summed E-state index contributed by atoms with van der Waals surface area (Å²) in [6.45, 7) is 1.44. The number of nitrogens with one attached hydrogen (secondary N) is 2. The van der Waals surface area contributed by atoms with E-state index in [4.69, 9.17) is 11.1 Å². The summed E-state index contributed by atoms with van der Waals surface area (Å²) in [5, 5.41) is 11.1. The van der Waals surface area contributed by atoms with Gasteiger partial charge >= 0.3 is 0 Å². The van der Waals surface area contributed by atoms with Crippen LogP contribution in [0.25, 0.3) is 5.70 Å². The summed E-state index contributed by atoms with van der Waals surface area (Å²) in [4.78, 5) is 10.2. The number of hydrogen-bond acceptors (Lipinski definition) is 6. The molecule has 4 N–H and O–H groups in total. The van der Waals surface area contributed by atoms with E-state index >= 15 is 0 Å². The largest absolute Gasteiger partial charge is 0.398 e. The molecule has 25 heavy (non-hydrogen) atoms. The van der Waals surface area contributed by atoms with Crippen molar-refractivity contribution in [2.24, 2.45) is 5.73 Å². The Balaban J connectivity index is 1.58. The number of alkyl halides is 1. The van der Waals surface area contributed by atoms with E-state index in [-0.39, 0.29) is 0 Å². The van der Waals surface area contributed by atoms with Gasteiger partial charge in [-0.2, -0.15) is 0 Å². The van der Waals surface area contributed by atoms with Crippen molar-refractivity contribution < 1.29 is 4.39 Å². The molecule has 1 fully saturated rings. The van der Waals surface area contributed by atoms with Gasteiger partial charge in [-0.25, -0.2) is 9.37 Å². The lowest BCUT2D eigenvalue weighted by Gasteiger charge is -2.16. The van der Waals surface area contributed by atoms with Gasteiger partial charge in [-0.05, 0) is 36.8 Å². The average Bonchev–Trinajstić information content (AvgIpc) is 3.07. The molecular weight excluding hydrogens is 319 g/mol. The molecule has 0 bridgehead atoms. The van der Waals surface area contributed by atoms with Crippen LogP contribution in [0.4, 0.5) is 15.9 Å². The fraction of sp³-hybridized carbons (Fsp3) is 0.278. The SMILES string of the molecule is N=C(/C=C(\N)c1ccc(N2CC[C@H](F)C2)nc1)CNc1ccncc1. The van der Waals surface area contributed by atoms with Gasteiger partial charge < -0.3 is 21.4 Å². The molecule has 3 rings (SSSR count). The van der Waals surface area contributed by atoms with E-state index in [9.17, 15) is 4.39 Å². The first-order valence-electron chi connectivity index (χ1n) is 8.16. The van der Waals surface area contributed by atoms with Gasteiger partial charge in [-0.3, -0.25) is 4.98 Å². The highest BCUT2D eigenvalue weighted by Gasteiger charge is 2.22. The summed E-state index contributed by atoms with van der Waals surface area (Å²) < 4.78 is 13.3. The van der Waals surface area contributed by atoms with Crippen LogP contribution in [0.15, 0.2) is 48.9 Å². The van der Waals surface area contributed by atoms with Gasteiger partial charge in [0.15, 0.2) is 0 Å². The molecule has 0 amide bonds. The maximum atomic E-state index is 13.3. The zero-order valence-electron chi connectivity index (χ0n) is 13.8. The molecule has 0 spiro atoms. The van der Waals surface area contributed by atoms with Crippen LogP contribution in [0.5, 0.6) is 0 Å². The van der Waals surface area contributed by atoms with Crippen LogP contribution >= 0.6 is 0 Å². The molecule has 0 saturated carbocycles. The lowest BCUT2D eigenvalue weighted by Crippen LogP contribution is -2.21. The fourth-order valence-corrected chi connectivity index (χ4v) is 2.66. The highest BCUT2D eigenvalue weighted by atomic mass is 19.1. The minimum atomic E-state index is -0.778. The van der Waals surface area contributed by atoms with Gasteiger partial charge in [-0.1, -0.05) is 0 Å². The molecule has 2 aromatic heterocycles. The van der Waals surface area contributed by atoms with Crippen molar-refractivity contribution in [1.82, 2.24) is 9.97 Å². The molecule has 1 saturated heterocycles. The van der Waals surface area contributed by atoms with E-state index < -0.39 is 6.17 Å². The molecule has 1 aliphatic rings. The van der Waals surface area contributed by atoms with Crippen LogP contribution in [-0.4, -0.2) is 41.5 Å². The Labute approximate surface area is 146 Å². The first-order chi connectivity index (χ1) is 12.1. The van der Waals surface area contributed by atoms with Gasteiger partial charge in [0, 0.05) is 42.1 Å². The van der Waals surface area contributed by atoms with Crippen molar-refractivity contribution in [2.75, 3.05) is 29.9 Å². The van der Waals surface area contributed by atoms with Gasteiger partial charge in [0.05, 0.1) is 18.8 Å². The van der Waals surface area contributed by atoms with Gasteiger partial charge in [-0.15, -0.1) is 0 Å². The smallest absolute Gasteiger partial charge is 0.128 e. The number of nitrogens with two attached hydrogens (primary N) is 1. The number of pyridine rings is 2. The standard InChI is InChI=1S/C18H21FN6/c19-14-5-8-25(12-14)18-2-1-13(10-24-18)17(21)9-15(20)11-23-16-3-6-22-7-4-16/h1-4,6-7,9-10,14,20H,5,8,11-12,21H2,(H,22,23)/b17-9-,20-15?/t14-/m0/s1. The van der Waals surface area contributed by atoms with Crippen molar-refractivity contribution in [3.63, 3.8) is 0 Å². The monoisotopic (exact) mass is 340 g/mol. The minimum Gasteiger partial charge on any atom is -0.398 e. The topological polar surface area (TPSA) is 90.9 Å². The van der Waals surface area contributed by atoms with Crippen molar-refractivity contribution >= 4 is 22.9 Å². The minimum absolute atomic E-state index is 0.359. The molecule has 1 atom stereocenters. The zero-order valence-corrected chi connectivity index (χ0v) is 13.8. The first-order valence-corrected chi connectivity index (χ1v) is 8.16. The maximum Gasteiger partial charge on any atom is 0.128 e. The zero-order chi connectivity index (χ0) is 17.6. The van der Waals surface area contributed by atoms with Crippen LogP contribution in [-0.2, 0) is 0 Å². The number of hydrogen-bond donors (Lipinski definition) is 3. The van der Waals surface area contributed by atoms with Crippen LogP contribution in [0.2, 0.25) is 0 Å². The highest BCUT2D eigenvalue weighted by Crippen LogP contribution is 2.20. The Morgan fingerprint density at radius 2 is 2.16 bits per heavy atom. The molecule has 2 aromatic rings. The summed E-state index contributed by atoms with van der Waals surface area (Å²) in [5.74, 6) is 0.756. The molecule has 130 valence electrons. The lowest BCUT2D eigenvalue weighted by molar-refractivity contribution is 0.364. The first kappa shape index (κ1) is 16.9. The van der Waals surface area contributed by atoms with Gasteiger partial charge in [0.25, 0.3) is 0 Å². The second-order valence-corrected chi connectivity index (χ2v) is 5.95. The summed E-state index contributed by atoms with van der Waals surface area (Å²) >= 11 is 0.